The predicted molar refractivity (Wildman–Crippen MR) is 83.6 cm³/mol. The number of thiophene rings is 1. The highest BCUT2D eigenvalue weighted by Gasteiger charge is 2.07. The van der Waals surface area contributed by atoms with Crippen molar-refractivity contribution < 1.29 is 4.79 Å². The van der Waals surface area contributed by atoms with E-state index in [1.165, 1.54) is 56.3 Å². The highest BCUT2D eigenvalue weighted by molar-refractivity contribution is 9.10. The largest absolute Gasteiger partial charge is 0.293 e. The van der Waals surface area contributed by atoms with E-state index in [1.54, 1.807) is 0 Å². The van der Waals surface area contributed by atoms with Crippen LogP contribution in [-0.2, 0) is 0 Å². The zero-order valence-corrected chi connectivity index (χ0v) is 13.6. The second-order valence-corrected chi connectivity index (χ2v) is 6.60. The maximum atomic E-state index is 11.8. The summed E-state index contributed by atoms with van der Waals surface area (Å²) in [6.45, 7) is 2.24. The summed E-state index contributed by atoms with van der Waals surface area (Å²) in [4.78, 5) is 12.7. The van der Waals surface area contributed by atoms with Crippen LogP contribution in [0.2, 0.25) is 0 Å². The molecule has 0 spiro atoms. The fourth-order valence-electron chi connectivity index (χ4n) is 2.00. The van der Waals surface area contributed by atoms with Crippen LogP contribution in [-0.4, -0.2) is 5.78 Å². The van der Waals surface area contributed by atoms with E-state index in [0.29, 0.717) is 12.2 Å². The molecule has 102 valence electrons. The number of halogens is 1. The van der Waals surface area contributed by atoms with Crippen LogP contribution in [0.15, 0.2) is 15.9 Å². The first-order chi connectivity index (χ1) is 8.74. The summed E-state index contributed by atoms with van der Waals surface area (Å²) in [6.07, 6.45) is 11.0. The van der Waals surface area contributed by atoms with Gasteiger partial charge in [-0.15, -0.1) is 11.3 Å². The topological polar surface area (TPSA) is 17.1 Å². The van der Waals surface area contributed by atoms with Gasteiger partial charge < -0.3 is 0 Å². The number of rotatable bonds is 10. The van der Waals surface area contributed by atoms with Gasteiger partial charge in [-0.2, -0.15) is 0 Å². The molecule has 0 saturated heterocycles. The van der Waals surface area contributed by atoms with Crippen LogP contribution < -0.4 is 0 Å². The molecule has 0 amide bonds. The Labute approximate surface area is 123 Å². The normalized spacial score (nSPS) is 10.8. The maximum Gasteiger partial charge on any atom is 0.172 e. The first kappa shape index (κ1) is 15.9. The second kappa shape index (κ2) is 9.74. The molecule has 0 unspecified atom stereocenters. The average molecular weight is 331 g/mol. The summed E-state index contributed by atoms with van der Waals surface area (Å²) >= 11 is 4.92. The zero-order valence-electron chi connectivity index (χ0n) is 11.2. The molecular weight excluding hydrogens is 308 g/mol. The Morgan fingerprint density at radius 2 is 1.72 bits per heavy atom. The molecule has 1 aromatic heterocycles. The fraction of sp³-hybridized carbons (Fsp3) is 0.667. The molecule has 0 fully saturated rings. The third-order valence-corrected chi connectivity index (χ3v) is 4.83. The molecule has 0 bridgehead atoms. The van der Waals surface area contributed by atoms with Crippen LogP contribution in [0.4, 0.5) is 0 Å². The zero-order chi connectivity index (χ0) is 13.2. The summed E-state index contributed by atoms with van der Waals surface area (Å²) in [5.41, 5.74) is 0. The van der Waals surface area contributed by atoms with Gasteiger partial charge in [0, 0.05) is 16.3 Å². The lowest BCUT2D eigenvalue weighted by Crippen LogP contribution is -1.95. The van der Waals surface area contributed by atoms with E-state index in [1.807, 2.05) is 11.4 Å². The number of Topliss-reactive ketones (excluding diaryl/α,β-unsaturated/α-hetero) is 1. The van der Waals surface area contributed by atoms with Gasteiger partial charge in [-0.25, -0.2) is 0 Å². The Morgan fingerprint density at radius 1 is 1.11 bits per heavy atom. The lowest BCUT2D eigenvalue weighted by molar-refractivity contribution is 0.0983. The Balaban J connectivity index is 1.99. The highest BCUT2D eigenvalue weighted by Crippen LogP contribution is 2.22. The number of unbranched alkanes of at least 4 members (excludes halogenated alkanes) is 7. The summed E-state index contributed by atoms with van der Waals surface area (Å²) in [5, 5.41) is 1.97. The molecule has 0 radical (unpaired) electrons. The van der Waals surface area contributed by atoms with Gasteiger partial charge in [0.15, 0.2) is 5.78 Å². The van der Waals surface area contributed by atoms with Crippen molar-refractivity contribution >= 4 is 33.0 Å². The van der Waals surface area contributed by atoms with Gasteiger partial charge in [-0.3, -0.25) is 4.79 Å². The van der Waals surface area contributed by atoms with Crippen molar-refractivity contribution in [1.29, 1.82) is 0 Å². The predicted octanol–water partition coefficient (Wildman–Crippen LogP) is 6.22. The standard InChI is InChI=1S/C15H23BrOS/c1-2-3-4-5-6-7-8-9-10-14(17)15-11-13(16)12-18-15/h11-12H,2-10H2,1H3. The van der Waals surface area contributed by atoms with Gasteiger partial charge in [-0.1, -0.05) is 51.9 Å². The van der Waals surface area contributed by atoms with Crippen molar-refractivity contribution in [2.45, 2.75) is 64.7 Å². The van der Waals surface area contributed by atoms with Crippen LogP contribution in [0.25, 0.3) is 0 Å². The molecule has 0 atom stereocenters. The Bertz CT molecular complexity index is 346. The molecule has 0 aliphatic heterocycles. The molecule has 1 heterocycles. The monoisotopic (exact) mass is 330 g/mol. The van der Waals surface area contributed by atoms with Gasteiger partial charge >= 0.3 is 0 Å². The molecule has 1 rings (SSSR count). The minimum Gasteiger partial charge on any atom is -0.293 e. The van der Waals surface area contributed by atoms with Crippen molar-refractivity contribution in [3.05, 3.63) is 20.8 Å². The minimum atomic E-state index is 0.302. The first-order valence-electron chi connectivity index (χ1n) is 7.01. The molecule has 0 aromatic carbocycles. The molecule has 0 aliphatic rings. The third kappa shape index (κ3) is 6.69. The average Bonchev–Trinajstić information content (AvgIpc) is 2.79. The van der Waals surface area contributed by atoms with Crippen molar-refractivity contribution in [2.24, 2.45) is 0 Å². The van der Waals surface area contributed by atoms with Crippen LogP contribution in [0.3, 0.4) is 0 Å². The molecular formula is C15H23BrOS. The van der Waals surface area contributed by atoms with Gasteiger partial charge in [0.05, 0.1) is 4.88 Å². The van der Waals surface area contributed by atoms with Crippen LogP contribution in [0.1, 0.15) is 74.4 Å². The van der Waals surface area contributed by atoms with Gasteiger partial charge in [0.2, 0.25) is 0 Å². The summed E-state index contributed by atoms with van der Waals surface area (Å²) in [6, 6.07) is 1.93. The molecule has 1 aromatic rings. The maximum absolute atomic E-state index is 11.8. The molecule has 1 nitrogen and oxygen atoms in total. The highest BCUT2D eigenvalue weighted by atomic mass is 79.9. The number of ketones is 1. The Hall–Kier alpha value is -0.150. The van der Waals surface area contributed by atoms with E-state index in [9.17, 15) is 4.79 Å². The van der Waals surface area contributed by atoms with Gasteiger partial charge in [0.1, 0.15) is 0 Å². The number of hydrogen-bond donors (Lipinski definition) is 0. The van der Waals surface area contributed by atoms with E-state index < -0.39 is 0 Å². The fourth-order valence-corrected chi connectivity index (χ4v) is 3.40. The molecule has 0 saturated carbocycles. The Kier molecular flexibility index (Phi) is 8.60. The molecule has 18 heavy (non-hydrogen) atoms. The molecule has 3 heteroatoms. The number of carbonyl (C=O) groups excluding carboxylic acids is 1. The second-order valence-electron chi connectivity index (χ2n) is 4.78. The number of hydrogen-bond acceptors (Lipinski definition) is 2. The minimum absolute atomic E-state index is 0.302. The van der Waals surface area contributed by atoms with E-state index in [0.717, 1.165) is 15.8 Å². The van der Waals surface area contributed by atoms with Crippen LogP contribution in [0.5, 0.6) is 0 Å². The van der Waals surface area contributed by atoms with Crippen molar-refractivity contribution in [3.63, 3.8) is 0 Å². The smallest absolute Gasteiger partial charge is 0.172 e. The van der Waals surface area contributed by atoms with Gasteiger partial charge in [0.25, 0.3) is 0 Å². The molecule has 0 N–H and O–H groups in total. The SMILES string of the molecule is CCCCCCCCCCC(=O)c1cc(Br)cs1. The Morgan fingerprint density at radius 3 is 2.28 bits per heavy atom. The lowest BCUT2D eigenvalue weighted by Gasteiger charge is -2.01. The summed E-state index contributed by atoms with van der Waals surface area (Å²) in [7, 11) is 0. The first-order valence-corrected chi connectivity index (χ1v) is 8.68. The van der Waals surface area contributed by atoms with Crippen molar-refractivity contribution in [2.75, 3.05) is 0 Å². The van der Waals surface area contributed by atoms with Crippen LogP contribution in [0, 0.1) is 0 Å². The summed E-state index contributed by atoms with van der Waals surface area (Å²) < 4.78 is 1.02. The summed E-state index contributed by atoms with van der Waals surface area (Å²) in [5.74, 6) is 0.302. The van der Waals surface area contributed by atoms with Gasteiger partial charge in [-0.05, 0) is 28.4 Å². The third-order valence-electron chi connectivity index (χ3n) is 3.10. The quantitative estimate of drug-likeness (QED) is 0.367. The van der Waals surface area contributed by atoms with E-state index in [-0.39, 0.29) is 0 Å². The van der Waals surface area contributed by atoms with Crippen molar-refractivity contribution in [1.82, 2.24) is 0 Å². The van der Waals surface area contributed by atoms with E-state index in [4.69, 9.17) is 0 Å². The van der Waals surface area contributed by atoms with E-state index in [2.05, 4.69) is 22.9 Å². The van der Waals surface area contributed by atoms with Crippen molar-refractivity contribution in [3.8, 4) is 0 Å². The lowest BCUT2D eigenvalue weighted by atomic mass is 10.1. The molecule has 0 aliphatic carbocycles. The van der Waals surface area contributed by atoms with E-state index >= 15 is 0 Å². The van der Waals surface area contributed by atoms with Crippen LogP contribution >= 0.6 is 27.3 Å². The number of carbonyl (C=O) groups is 1.